The third-order valence-electron chi connectivity index (χ3n) is 4.72. The average molecular weight is 411 g/mol. The zero-order valence-electron chi connectivity index (χ0n) is 20.0. The van der Waals surface area contributed by atoms with Gasteiger partial charge in [0.15, 0.2) is 0 Å². The second-order valence-corrected chi connectivity index (χ2v) is 9.19. The Kier molecular flexibility index (Phi) is 15.7. The lowest BCUT2D eigenvalue weighted by Gasteiger charge is -2.22. The van der Waals surface area contributed by atoms with Crippen LogP contribution in [0.5, 0.6) is 0 Å². The number of ether oxygens (including phenoxy) is 2. The molecule has 0 unspecified atom stereocenters. The lowest BCUT2D eigenvalue weighted by Crippen LogP contribution is -2.21. The quantitative estimate of drug-likeness (QED) is 0.154. The van der Waals surface area contributed by atoms with Gasteiger partial charge in [-0.05, 0) is 37.5 Å². The molecule has 170 valence electrons. The number of carbonyl (C=O) groups excluding carboxylic acids is 2. The standard InChI is InChI=1S/C25H46O4/c1-7-10-11-12-13-14-15-16-17-21(23(26)28-18-8-2)22(20-25(4,5)6)24(27)29-19-9-3/h7-20H2,1-6H3. The SMILES string of the molecule is CCCCCCCCCCC(C(=O)OCCC)=C(CC(C)(C)C)C(=O)OCCC. The molecule has 0 aromatic rings. The van der Waals surface area contributed by atoms with Crippen LogP contribution in [0.15, 0.2) is 11.1 Å². The van der Waals surface area contributed by atoms with Gasteiger partial charge < -0.3 is 9.47 Å². The van der Waals surface area contributed by atoms with E-state index in [2.05, 4.69) is 27.7 Å². The van der Waals surface area contributed by atoms with Gasteiger partial charge in [0.25, 0.3) is 0 Å². The van der Waals surface area contributed by atoms with Crippen molar-refractivity contribution in [3.05, 3.63) is 11.1 Å². The number of rotatable bonds is 16. The number of hydrogen-bond acceptors (Lipinski definition) is 4. The highest BCUT2D eigenvalue weighted by atomic mass is 16.5. The van der Waals surface area contributed by atoms with Gasteiger partial charge in [-0.2, -0.15) is 0 Å². The minimum absolute atomic E-state index is 0.115. The van der Waals surface area contributed by atoms with Crippen molar-refractivity contribution in [2.24, 2.45) is 5.41 Å². The van der Waals surface area contributed by atoms with Crippen molar-refractivity contribution in [2.45, 2.75) is 119 Å². The highest BCUT2D eigenvalue weighted by molar-refractivity contribution is 6.00. The Morgan fingerprint density at radius 1 is 0.621 bits per heavy atom. The van der Waals surface area contributed by atoms with E-state index in [0.717, 1.165) is 25.7 Å². The van der Waals surface area contributed by atoms with Crippen LogP contribution in [0.1, 0.15) is 119 Å². The topological polar surface area (TPSA) is 52.6 Å². The van der Waals surface area contributed by atoms with Crippen molar-refractivity contribution >= 4 is 11.9 Å². The van der Waals surface area contributed by atoms with Gasteiger partial charge in [-0.1, -0.05) is 86.5 Å². The molecule has 0 rings (SSSR count). The Morgan fingerprint density at radius 2 is 1.07 bits per heavy atom. The molecule has 0 fully saturated rings. The summed E-state index contributed by atoms with van der Waals surface area (Å²) in [6.07, 6.45) is 12.2. The molecule has 0 heterocycles. The maximum absolute atomic E-state index is 12.8. The van der Waals surface area contributed by atoms with E-state index < -0.39 is 0 Å². The summed E-state index contributed by atoms with van der Waals surface area (Å²) in [7, 11) is 0. The van der Waals surface area contributed by atoms with Crippen LogP contribution in [0, 0.1) is 5.41 Å². The van der Waals surface area contributed by atoms with Gasteiger partial charge in [0.05, 0.1) is 13.2 Å². The van der Waals surface area contributed by atoms with Crippen LogP contribution >= 0.6 is 0 Å². The molecule has 0 aromatic carbocycles. The van der Waals surface area contributed by atoms with Crippen LogP contribution in [0.2, 0.25) is 0 Å². The molecule has 0 amide bonds. The first-order valence-corrected chi connectivity index (χ1v) is 11.8. The molecule has 0 spiro atoms. The summed E-state index contributed by atoms with van der Waals surface area (Å²) in [4.78, 5) is 25.5. The maximum Gasteiger partial charge on any atom is 0.334 e. The van der Waals surface area contributed by atoms with Gasteiger partial charge in [-0.15, -0.1) is 0 Å². The molecule has 0 aromatic heterocycles. The minimum Gasteiger partial charge on any atom is -0.462 e. The van der Waals surface area contributed by atoms with Crippen LogP contribution in [-0.2, 0) is 19.1 Å². The van der Waals surface area contributed by atoms with E-state index in [4.69, 9.17) is 9.47 Å². The largest absolute Gasteiger partial charge is 0.462 e. The van der Waals surface area contributed by atoms with Gasteiger partial charge >= 0.3 is 11.9 Å². The fraction of sp³-hybridized carbons (Fsp3) is 0.840. The minimum atomic E-state index is -0.357. The molecule has 0 aliphatic carbocycles. The molecular weight excluding hydrogens is 364 g/mol. The summed E-state index contributed by atoms with van der Waals surface area (Å²) in [6.45, 7) is 13.2. The van der Waals surface area contributed by atoms with E-state index in [9.17, 15) is 9.59 Å². The summed E-state index contributed by atoms with van der Waals surface area (Å²) in [5.74, 6) is -0.702. The number of hydrogen-bond donors (Lipinski definition) is 0. The lowest BCUT2D eigenvalue weighted by molar-refractivity contribution is -0.142. The van der Waals surface area contributed by atoms with Crippen LogP contribution in [0.3, 0.4) is 0 Å². The van der Waals surface area contributed by atoms with Gasteiger partial charge in [-0.25, -0.2) is 9.59 Å². The first kappa shape index (κ1) is 27.7. The van der Waals surface area contributed by atoms with E-state index in [0.29, 0.717) is 37.2 Å². The van der Waals surface area contributed by atoms with E-state index in [-0.39, 0.29) is 17.4 Å². The highest BCUT2D eigenvalue weighted by Gasteiger charge is 2.27. The average Bonchev–Trinajstić information content (AvgIpc) is 2.67. The van der Waals surface area contributed by atoms with E-state index >= 15 is 0 Å². The van der Waals surface area contributed by atoms with Crippen molar-refractivity contribution in [3.63, 3.8) is 0 Å². The Morgan fingerprint density at radius 3 is 1.52 bits per heavy atom. The van der Waals surface area contributed by atoms with Crippen molar-refractivity contribution < 1.29 is 19.1 Å². The van der Waals surface area contributed by atoms with Gasteiger partial charge in [0.2, 0.25) is 0 Å². The van der Waals surface area contributed by atoms with Gasteiger partial charge in [-0.3, -0.25) is 0 Å². The van der Waals surface area contributed by atoms with Crippen molar-refractivity contribution in [1.82, 2.24) is 0 Å². The van der Waals surface area contributed by atoms with Crippen LogP contribution in [0.25, 0.3) is 0 Å². The normalized spacial score (nSPS) is 12.5. The fourth-order valence-electron chi connectivity index (χ4n) is 3.21. The Balaban J connectivity index is 5.19. The zero-order valence-corrected chi connectivity index (χ0v) is 20.0. The second-order valence-electron chi connectivity index (χ2n) is 9.19. The molecule has 0 radical (unpaired) electrons. The maximum atomic E-state index is 12.8. The van der Waals surface area contributed by atoms with Crippen LogP contribution < -0.4 is 0 Å². The Hall–Kier alpha value is -1.32. The molecule has 29 heavy (non-hydrogen) atoms. The molecule has 0 aliphatic rings. The molecule has 0 atom stereocenters. The van der Waals surface area contributed by atoms with Crippen molar-refractivity contribution in [3.8, 4) is 0 Å². The molecular formula is C25H46O4. The highest BCUT2D eigenvalue weighted by Crippen LogP contribution is 2.29. The summed E-state index contributed by atoms with van der Waals surface area (Å²) in [6, 6.07) is 0. The predicted octanol–water partition coefficient (Wildman–Crippen LogP) is 7.16. The summed E-state index contributed by atoms with van der Waals surface area (Å²) < 4.78 is 10.8. The van der Waals surface area contributed by atoms with Gasteiger partial charge in [0, 0.05) is 11.1 Å². The van der Waals surface area contributed by atoms with E-state index in [1.165, 1.54) is 38.5 Å². The number of esters is 2. The lowest BCUT2D eigenvalue weighted by atomic mass is 9.85. The summed E-state index contributed by atoms with van der Waals surface area (Å²) in [5.41, 5.74) is 0.923. The predicted molar refractivity (Wildman–Crippen MR) is 121 cm³/mol. The van der Waals surface area contributed by atoms with Gasteiger partial charge in [0.1, 0.15) is 0 Å². The number of carbonyl (C=O) groups is 2. The first-order valence-electron chi connectivity index (χ1n) is 11.8. The van der Waals surface area contributed by atoms with Crippen LogP contribution in [0.4, 0.5) is 0 Å². The third kappa shape index (κ3) is 14.3. The van der Waals surface area contributed by atoms with Crippen molar-refractivity contribution in [2.75, 3.05) is 13.2 Å². The molecule has 4 nitrogen and oxygen atoms in total. The van der Waals surface area contributed by atoms with E-state index in [1.54, 1.807) is 0 Å². The number of unbranched alkanes of at least 4 members (excludes halogenated alkanes) is 7. The molecule has 0 aliphatic heterocycles. The van der Waals surface area contributed by atoms with Crippen molar-refractivity contribution in [1.29, 1.82) is 0 Å². The molecule has 4 heteroatoms. The molecule has 0 N–H and O–H groups in total. The summed E-state index contributed by atoms with van der Waals surface area (Å²) >= 11 is 0. The zero-order chi connectivity index (χ0) is 22.1. The molecule has 0 bridgehead atoms. The van der Waals surface area contributed by atoms with E-state index in [1.807, 2.05) is 13.8 Å². The first-order chi connectivity index (χ1) is 13.8. The molecule has 0 saturated heterocycles. The Labute approximate surface area is 179 Å². The fourth-order valence-corrected chi connectivity index (χ4v) is 3.21. The third-order valence-corrected chi connectivity index (χ3v) is 4.72. The smallest absolute Gasteiger partial charge is 0.334 e. The second kappa shape index (κ2) is 16.5. The summed E-state index contributed by atoms with van der Waals surface area (Å²) in [5, 5.41) is 0. The molecule has 0 saturated carbocycles. The van der Waals surface area contributed by atoms with Crippen LogP contribution in [-0.4, -0.2) is 25.2 Å². The Bertz CT molecular complexity index is 486. The monoisotopic (exact) mass is 410 g/mol.